The second-order valence-electron chi connectivity index (χ2n) is 5.21. The summed E-state index contributed by atoms with van der Waals surface area (Å²) in [5.41, 5.74) is 1.05. The molecule has 2 nitrogen and oxygen atoms in total. The van der Waals surface area contributed by atoms with Crippen LogP contribution in [-0.4, -0.2) is 11.1 Å². The van der Waals surface area contributed by atoms with Crippen LogP contribution in [-0.2, 0) is 0 Å². The smallest absolute Gasteiger partial charge is 0.117 e. The van der Waals surface area contributed by atoms with Crippen LogP contribution in [0.3, 0.4) is 0 Å². The molecule has 2 unspecified atom stereocenters. The minimum Gasteiger partial charge on any atom is -0.508 e. The van der Waals surface area contributed by atoms with E-state index in [2.05, 4.69) is 12.2 Å². The summed E-state index contributed by atoms with van der Waals surface area (Å²) in [5, 5.41) is 13.0. The van der Waals surface area contributed by atoms with E-state index in [4.69, 9.17) is 0 Å². The van der Waals surface area contributed by atoms with Gasteiger partial charge in [-0.15, -0.1) is 0 Å². The highest BCUT2D eigenvalue weighted by Gasteiger charge is 2.21. The van der Waals surface area contributed by atoms with Gasteiger partial charge in [0.15, 0.2) is 0 Å². The summed E-state index contributed by atoms with van der Waals surface area (Å²) in [7, 11) is 0. The average molecular weight is 233 g/mol. The number of nitrogens with one attached hydrogen (secondary N) is 1. The highest BCUT2D eigenvalue weighted by Crippen LogP contribution is 2.30. The molecule has 0 saturated heterocycles. The van der Waals surface area contributed by atoms with Gasteiger partial charge in [-0.05, 0) is 30.9 Å². The summed E-state index contributed by atoms with van der Waals surface area (Å²) in [5.74, 6) is 1.24. The van der Waals surface area contributed by atoms with Crippen molar-refractivity contribution in [2.24, 2.45) is 5.92 Å². The van der Waals surface area contributed by atoms with Crippen molar-refractivity contribution in [3.05, 3.63) is 24.3 Å². The maximum atomic E-state index is 9.44. The van der Waals surface area contributed by atoms with E-state index in [1.165, 1.54) is 38.5 Å². The maximum Gasteiger partial charge on any atom is 0.117 e. The van der Waals surface area contributed by atoms with Gasteiger partial charge in [0, 0.05) is 17.8 Å². The van der Waals surface area contributed by atoms with E-state index in [0.29, 0.717) is 11.8 Å². The number of hydrogen-bond donors (Lipinski definition) is 2. The Hall–Kier alpha value is -1.18. The van der Waals surface area contributed by atoms with Gasteiger partial charge in [-0.2, -0.15) is 0 Å². The fourth-order valence-corrected chi connectivity index (χ4v) is 2.92. The van der Waals surface area contributed by atoms with Gasteiger partial charge in [0.25, 0.3) is 0 Å². The topological polar surface area (TPSA) is 32.3 Å². The zero-order valence-electron chi connectivity index (χ0n) is 10.7. The molecular formula is C15H23NO. The SMILES string of the molecule is CCCC1CCCC(Nc2cccc(O)c2)C1. The molecule has 0 bridgehead atoms. The van der Waals surface area contributed by atoms with Crippen molar-refractivity contribution in [3.8, 4) is 5.75 Å². The van der Waals surface area contributed by atoms with Gasteiger partial charge < -0.3 is 10.4 Å². The van der Waals surface area contributed by atoms with Crippen molar-refractivity contribution < 1.29 is 5.11 Å². The van der Waals surface area contributed by atoms with E-state index < -0.39 is 0 Å². The summed E-state index contributed by atoms with van der Waals surface area (Å²) >= 11 is 0. The molecule has 2 N–H and O–H groups in total. The monoisotopic (exact) mass is 233 g/mol. The lowest BCUT2D eigenvalue weighted by atomic mass is 9.83. The molecule has 0 amide bonds. The van der Waals surface area contributed by atoms with E-state index in [-0.39, 0.29) is 0 Å². The van der Waals surface area contributed by atoms with E-state index in [0.717, 1.165) is 11.6 Å². The predicted octanol–water partition coefficient (Wildman–Crippen LogP) is 4.16. The Morgan fingerprint density at radius 1 is 1.35 bits per heavy atom. The highest BCUT2D eigenvalue weighted by atomic mass is 16.3. The molecule has 2 atom stereocenters. The summed E-state index contributed by atoms with van der Waals surface area (Å²) in [6.07, 6.45) is 7.92. The third-order valence-corrected chi connectivity index (χ3v) is 3.70. The van der Waals surface area contributed by atoms with Gasteiger partial charge in [-0.1, -0.05) is 38.7 Å². The first-order valence-electron chi connectivity index (χ1n) is 6.83. The lowest BCUT2D eigenvalue weighted by molar-refractivity contribution is 0.316. The molecule has 1 fully saturated rings. The predicted molar refractivity (Wildman–Crippen MR) is 72.4 cm³/mol. The molecule has 17 heavy (non-hydrogen) atoms. The van der Waals surface area contributed by atoms with Crippen molar-refractivity contribution >= 4 is 5.69 Å². The average Bonchev–Trinajstić information content (AvgIpc) is 2.30. The molecular weight excluding hydrogens is 210 g/mol. The molecule has 0 aliphatic heterocycles. The van der Waals surface area contributed by atoms with E-state index in [9.17, 15) is 5.11 Å². The highest BCUT2D eigenvalue weighted by molar-refractivity contribution is 5.48. The van der Waals surface area contributed by atoms with Crippen LogP contribution in [0.5, 0.6) is 5.75 Å². The molecule has 0 aromatic heterocycles. The molecule has 94 valence electrons. The third kappa shape index (κ3) is 3.65. The Balaban J connectivity index is 1.90. The molecule has 1 aliphatic carbocycles. The van der Waals surface area contributed by atoms with Gasteiger partial charge >= 0.3 is 0 Å². The number of anilines is 1. The van der Waals surface area contributed by atoms with Crippen LogP contribution in [0, 0.1) is 5.92 Å². The summed E-state index contributed by atoms with van der Waals surface area (Å²) < 4.78 is 0. The van der Waals surface area contributed by atoms with Crippen LogP contribution < -0.4 is 5.32 Å². The first-order valence-corrected chi connectivity index (χ1v) is 6.83. The van der Waals surface area contributed by atoms with Crippen LogP contribution in [0.4, 0.5) is 5.69 Å². The Kier molecular flexibility index (Phi) is 4.29. The molecule has 2 heteroatoms. The quantitative estimate of drug-likeness (QED) is 0.818. The zero-order valence-corrected chi connectivity index (χ0v) is 10.7. The first kappa shape index (κ1) is 12.3. The molecule has 0 spiro atoms. The molecule has 1 aromatic rings. The number of rotatable bonds is 4. The number of aromatic hydroxyl groups is 1. The van der Waals surface area contributed by atoms with Crippen molar-refractivity contribution in [3.63, 3.8) is 0 Å². The second-order valence-corrected chi connectivity index (χ2v) is 5.21. The molecule has 0 heterocycles. The van der Waals surface area contributed by atoms with Crippen molar-refractivity contribution in [1.29, 1.82) is 0 Å². The van der Waals surface area contributed by atoms with E-state index >= 15 is 0 Å². The van der Waals surface area contributed by atoms with Crippen molar-refractivity contribution in [2.45, 2.75) is 51.5 Å². The van der Waals surface area contributed by atoms with Crippen LogP contribution in [0.2, 0.25) is 0 Å². The summed E-state index contributed by atoms with van der Waals surface area (Å²) in [6.45, 7) is 2.27. The van der Waals surface area contributed by atoms with Gasteiger partial charge in [0.05, 0.1) is 0 Å². The number of hydrogen-bond acceptors (Lipinski definition) is 2. The van der Waals surface area contributed by atoms with E-state index in [1.54, 1.807) is 6.07 Å². The van der Waals surface area contributed by atoms with Gasteiger partial charge in [0.1, 0.15) is 5.75 Å². The molecule has 1 aromatic carbocycles. The normalized spacial score (nSPS) is 24.5. The van der Waals surface area contributed by atoms with Crippen molar-refractivity contribution in [1.82, 2.24) is 0 Å². The number of phenolic OH excluding ortho intramolecular Hbond substituents is 1. The Morgan fingerprint density at radius 3 is 3.00 bits per heavy atom. The largest absolute Gasteiger partial charge is 0.508 e. The van der Waals surface area contributed by atoms with Crippen LogP contribution in [0.1, 0.15) is 45.4 Å². The first-order chi connectivity index (χ1) is 8.28. The minimum atomic E-state index is 0.343. The molecule has 0 radical (unpaired) electrons. The van der Waals surface area contributed by atoms with Crippen LogP contribution in [0.25, 0.3) is 0 Å². The third-order valence-electron chi connectivity index (χ3n) is 3.70. The standard InChI is InChI=1S/C15H23NO/c1-2-5-12-6-3-7-13(10-12)16-14-8-4-9-15(17)11-14/h4,8-9,11-13,16-17H,2-3,5-7,10H2,1H3. The Morgan fingerprint density at radius 2 is 2.24 bits per heavy atom. The van der Waals surface area contributed by atoms with Gasteiger partial charge in [-0.25, -0.2) is 0 Å². The fraction of sp³-hybridized carbons (Fsp3) is 0.600. The summed E-state index contributed by atoms with van der Waals surface area (Å²) in [6, 6.07) is 8.03. The minimum absolute atomic E-state index is 0.343. The molecule has 1 saturated carbocycles. The van der Waals surface area contributed by atoms with Crippen molar-refractivity contribution in [2.75, 3.05) is 5.32 Å². The Labute approximate surface area is 104 Å². The molecule has 2 rings (SSSR count). The van der Waals surface area contributed by atoms with E-state index in [1.807, 2.05) is 18.2 Å². The number of benzene rings is 1. The van der Waals surface area contributed by atoms with Gasteiger partial charge in [-0.3, -0.25) is 0 Å². The second kappa shape index (κ2) is 5.95. The number of phenols is 1. The lowest BCUT2D eigenvalue weighted by Crippen LogP contribution is -2.27. The lowest BCUT2D eigenvalue weighted by Gasteiger charge is -2.30. The van der Waals surface area contributed by atoms with Gasteiger partial charge in [0.2, 0.25) is 0 Å². The Bertz CT molecular complexity index is 349. The maximum absolute atomic E-state index is 9.44. The zero-order chi connectivity index (χ0) is 12.1. The summed E-state index contributed by atoms with van der Waals surface area (Å²) in [4.78, 5) is 0. The fourth-order valence-electron chi connectivity index (χ4n) is 2.92. The molecule has 1 aliphatic rings. The van der Waals surface area contributed by atoms with Crippen LogP contribution >= 0.6 is 0 Å². The van der Waals surface area contributed by atoms with Crippen LogP contribution in [0.15, 0.2) is 24.3 Å².